The third-order valence-electron chi connectivity index (χ3n) is 2.72. The Bertz CT molecular complexity index is 348. The summed E-state index contributed by atoms with van der Waals surface area (Å²) in [6.45, 7) is 6.09. The molecule has 0 heterocycles. The van der Waals surface area contributed by atoms with E-state index in [1.807, 2.05) is 37.3 Å². The fourth-order valence-electron chi connectivity index (χ4n) is 1.76. The molecular formula is C14H22N2O. The van der Waals surface area contributed by atoms with Crippen molar-refractivity contribution in [1.29, 1.82) is 0 Å². The SMILES string of the molecule is CC(C)C[C@H](N)C(=O)N[C@H](C)c1ccccc1. The smallest absolute Gasteiger partial charge is 0.237 e. The summed E-state index contributed by atoms with van der Waals surface area (Å²) in [4.78, 5) is 11.8. The van der Waals surface area contributed by atoms with E-state index in [0.717, 1.165) is 5.56 Å². The van der Waals surface area contributed by atoms with Crippen LogP contribution in [-0.2, 0) is 4.79 Å². The van der Waals surface area contributed by atoms with Gasteiger partial charge in [0, 0.05) is 0 Å². The Kier molecular flexibility index (Phi) is 5.16. The van der Waals surface area contributed by atoms with E-state index < -0.39 is 6.04 Å². The first-order valence-corrected chi connectivity index (χ1v) is 6.11. The number of nitrogens with one attached hydrogen (secondary N) is 1. The lowest BCUT2D eigenvalue weighted by Gasteiger charge is -2.18. The minimum Gasteiger partial charge on any atom is -0.348 e. The lowest BCUT2D eigenvalue weighted by atomic mass is 10.0. The first-order chi connectivity index (χ1) is 8.00. The number of benzene rings is 1. The molecule has 3 N–H and O–H groups in total. The molecular weight excluding hydrogens is 212 g/mol. The molecule has 0 bridgehead atoms. The van der Waals surface area contributed by atoms with Gasteiger partial charge in [0.15, 0.2) is 0 Å². The van der Waals surface area contributed by atoms with Gasteiger partial charge in [0.05, 0.1) is 12.1 Å². The monoisotopic (exact) mass is 234 g/mol. The number of rotatable bonds is 5. The van der Waals surface area contributed by atoms with Crippen LogP contribution in [0.1, 0.15) is 38.8 Å². The van der Waals surface area contributed by atoms with Gasteiger partial charge in [-0.25, -0.2) is 0 Å². The molecule has 0 spiro atoms. The Balaban J connectivity index is 2.51. The molecule has 0 saturated heterocycles. The van der Waals surface area contributed by atoms with Crippen LogP contribution in [0.25, 0.3) is 0 Å². The van der Waals surface area contributed by atoms with Crippen LogP contribution >= 0.6 is 0 Å². The van der Waals surface area contributed by atoms with Gasteiger partial charge in [-0.15, -0.1) is 0 Å². The molecule has 94 valence electrons. The van der Waals surface area contributed by atoms with Gasteiger partial charge in [0.25, 0.3) is 0 Å². The van der Waals surface area contributed by atoms with E-state index in [2.05, 4.69) is 19.2 Å². The lowest BCUT2D eigenvalue weighted by molar-refractivity contribution is -0.123. The van der Waals surface area contributed by atoms with Gasteiger partial charge < -0.3 is 11.1 Å². The number of carbonyl (C=O) groups is 1. The van der Waals surface area contributed by atoms with Crippen molar-refractivity contribution >= 4 is 5.91 Å². The standard InChI is InChI=1S/C14H22N2O/c1-10(2)9-13(15)14(17)16-11(3)12-7-5-4-6-8-12/h4-8,10-11,13H,9,15H2,1-3H3,(H,16,17)/t11-,13+/m1/s1. The minimum atomic E-state index is -0.416. The molecule has 2 atom stereocenters. The molecule has 0 aliphatic carbocycles. The highest BCUT2D eigenvalue weighted by atomic mass is 16.2. The molecule has 0 saturated carbocycles. The van der Waals surface area contributed by atoms with Crippen LogP contribution in [0, 0.1) is 5.92 Å². The second-order valence-electron chi connectivity index (χ2n) is 4.88. The zero-order chi connectivity index (χ0) is 12.8. The molecule has 1 rings (SSSR count). The highest BCUT2D eigenvalue weighted by Gasteiger charge is 2.17. The maximum Gasteiger partial charge on any atom is 0.237 e. The Hall–Kier alpha value is -1.35. The zero-order valence-corrected chi connectivity index (χ0v) is 10.8. The summed E-state index contributed by atoms with van der Waals surface area (Å²) in [6.07, 6.45) is 0.716. The summed E-state index contributed by atoms with van der Waals surface area (Å²) >= 11 is 0. The van der Waals surface area contributed by atoms with Crippen LogP contribution in [0.4, 0.5) is 0 Å². The molecule has 3 heteroatoms. The molecule has 0 unspecified atom stereocenters. The highest BCUT2D eigenvalue weighted by molar-refractivity contribution is 5.81. The van der Waals surface area contributed by atoms with Crippen LogP contribution in [0.5, 0.6) is 0 Å². The summed E-state index contributed by atoms with van der Waals surface area (Å²) in [5.41, 5.74) is 6.93. The molecule has 1 aromatic rings. The molecule has 0 fully saturated rings. The van der Waals surface area contributed by atoms with Gasteiger partial charge in [0.1, 0.15) is 0 Å². The van der Waals surface area contributed by atoms with E-state index in [1.54, 1.807) is 0 Å². The van der Waals surface area contributed by atoms with Crippen LogP contribution in [0.15, 0.2) is 30.3 Å². The van der Waals surface area contributed by atoms with Gasteiger partial charge >= 0.3 is 0 Å². The molecule has 0 aliphatic rings. The Labute approximate surface area is 103 Å². The van der Waals surface area contributed by atoms with Crippen molar-refractivity contribution in [1.82, 2.24) is 5.32 Å². The fourth-order valence-corrected chi connectivity index (χ4v) is 1.76. The van der Waals surface area contributed by atoms with Gasteiger partial charge in [-0.2, -0.15) is 0 Å². The van der Waals surface area contributed by atoms with E-state index in [4.69, 9.17) is 5.73 Å². The molecule has 1 amide bonds. The summed E-state index contributed by atoms with van der Waals surface area (Å²) in [5, 5.41) is 2.94. The van der Waals surface area contributed by atoms with Crippen molar-refractivity contribution in [3.05, 3.63) is 35.9 Å². The zero-order valence-electron chi connectivity index (χ0n) is 10.8. The molecule has 3 nitrogen and oxygen atoms in total. The third-order valence-corrected chi connectivity index (χ3v) is 2.72. The topological polar surface area (TPSA) is 55.1 Å². The maximum absolute atomic E-state index is 11.8. The average Bonchev–Trinajstić information content (AvgIpc) is 2.29. The summed E-state index contributed by atoms with van der Waals surface area (Å²) in [7, 11) is 0. The average molecular weight is 234 g/mol. The van der Waals surface area contributed by atoms with Gasteiger partial charge in [-0.05, 0) is 24.8 Å². The third kappa shape index (κ3) is 4.57. The number of hydrogen-bond donors (Lipinski definition) is 2. The van der Waals surface area contributed by atoms with E-state index >= 15 is 0 Å². The van der Waals surface area contributed by atoms with Gasteiger partial charge in [-0.1, -0.05) is 44.2 Å². The van der Waals surface area contributed by atoms with Crippen LogP contribution in [0.3, 0.4) is 0 Å². The summed E-state index contributed by atoms with van der Waals surface area (Å²) < 4.78 is 0. The Morgan fingerprint density at radius 1 is 1.24 bits per heavy atom. The van der Waals surface area contributed by atoms with Crippen LogP contribution in [0.2, 0.25) is 0 Å². The molecule has 1 aromatic carbocycles. The lowest BCUT2D eigenvalue weighted by Crippen LogP contribution is -2.42. The fraction of sp³-hybridized carbons (Fsp3) is 0.500. The first-order valence-electron chi connectivity index (χ1n) is 6.11. The number of amides is 1. The molecule has 17 heavy (non-hydrogen) atoms. The van der Waals surface area contributed by atoms with Gasteiger partial charge in [0.2, 0.25) is 5.91 Å². The van der Waals surface area contributed by atoms with Gasteiger partial charge in [-0.3, -0.25) is 4.79 Å². The van der Waals surface area contributed by atoms with Crippen molar-refractivity contribution in [3.8, 4) is 0 Å². The van der Waals surface area contributed by atoms with E-state index in [1.165, 1.54) is 0 Å². The summed E-state index contributed by atoms with van der Waals surface area (Å²) in [6, 6.07) is 9.47. The molecule has 0 aliphatic heterocycles. The normalized spacial score (nSPS) is 14.4. The number of nitrogens with two attached hydrogens (primary N) is 1. The molecule has 0 radical (unpaired) electrons. The van der Waals surface area contributed by atoms with E-state index in [0.29, 0.717) is 12.3 Å². The maximum atomic E-state index is 11.8. The minimum absolute atomic E-state index is 0.00177. The van der Waals surface area contributed by atoms with Crippen molar-refractivity contribution in [3.63, 3.8) is 0 Å². The van der Waals surface area contributed by atoms with Crippen molar-refractivity contribution in [2.24, 2.45) is 11.7 Å². The summed E-state index contributed by atoms with van der Waals surface area (Å²) in [5.74, 6) is 0.359. The largest absolute Gasteiger partial charge is 0.348 e. The van der Waals surface area contributed by atoms with E-state index in [-0.39, 0.29) is 11.9 Å². The van der Waals surface area contributed by atoms with Crippen LogP contribution < -0.4 is 11.1 Å². The predicted octanol–water partition coefficient (Wildman–Crippen LogP) is 2.24. The van der Waals surface area contributed by atoms with Crippen molar-refractivity contribution in [2.75, 3.05) is 0 Å². The number of carbonyl (C=O) groups excluding carboxylic acids is 1. The van der Waals surface area contributed by atoms with Crippen molar-refractivity contribution in [2.45, 2.75) is 39.3 Å². The Morgan fingerprint density at radius 2 is 1.82 bits per heavy atom. The number of hydrogen-bond acceptors (Lipinski definition) is 2. The Morgan fingerprint density at radius 3 is 2.35 bits per heavy atom. The molecule has 0 aromatic heterocycles. The van der Waals surface area contributed by atoms with E-state index in [9.17, 15) is 4.79 Å². The second-order valence-corrected chi connectivity index (χ2v) is 4.88. The second kappa shape index (κ2) is 6.40. The highest BCUT2D eigenvalue weighted by Crippen LogP contribution is 2.12. The quantitative estimate of drug-likeness (QED) is 0.821. The first kappa shape index (κ1) is 13.7. The predicted molar refractivity (Wildman–Crippen MR) is 70.4 cm³/mol. The van der Waals surface area contributed by atoms with Crippen LogP contribution in [-0.4, -0.2) is 11.9 Å². The van der Waals surface area contributed by atoms with Crippen molar-refractivity contribution < 1.29 is 4.79 Å².